The summed E-state index contributed by atoms with van der Waals surface area (Å²) in [5, 5.41) is 10.3. The number of benzene rings is 2. The number of aliphatic carboxylic acids is 1. The number of carbonyl (C=O) groups is 1. The lowest BCUT2D eigenvalue weighted by atomic mass is 10.1. The van der Waals surface area contributed by atoms with Crippen molar-refractivity contribution in [2.24, 2.45) is 5.92 Å². The van der Waals surface area contributed by atoms with Gasteiger partial charge in [-0.05, 0) is 56.2 Å². The summed E-state index contributed by atoms with van der Waals surface area (Å²) >= 11 is 0. The maximum atomic E-state index is 12.7. The largest absolute Gasteiger partial charge is 0.489 e. The highest BCUT2D eigenvalue weighted by atomic mass is 32.2. The van der Waals surface area contributed by atoms with E-state index in [0.717, 1.165) is 22.2 Å². The number of nitrogens with zero attached hydrogens (tertiary/aromatic N) is 1. The average Bonchev–Trinajstić information content (AvgIpc) is 3.20. The third kappa shape index (κ3) is 4.70. The number of ether oxygens (including phenoxy) is 1. The van der Waals surface area contributed by atoms with E-state index in [9.17, 15) is 18.3 Å². The molecular weight excluding hydrogens is 416 g/mol. The van der Waals surface area contributed by atoms with Crippen molar-refractivity contribution in [3.05, 3.63) is 65.9 Å². The predicted octanol–water partition coefficient (Wildman–Crippen LogP) is 3.65. The molecule has 3 aromatic rings. The summed E-state index contributed by atoms with van der Waals surface area (Å²) < 4.78 is 33.8. The Bertz CT molecular complexity index is 1210. The first kappa shape index (κ1) is 21.3. The van der Waals surface area contributed by atoms with Gasteiger partial charge < -0.3 is 9.84 Å². The van der Waals surface area contributed by atoms with E-state index in [-0.39, 0.29) is 4.90 Å². The first-order valence-electron chi connectivity index (χ1n) is 10.2. The molecule has 0 bridgehead atoms. The second-order valence-corrected chi connectivity index (χ2v) is 9.52. The van der Waals surface area contributed by atoms with Gasteiger partial charge in [-0.1, -0.05) is 24.6 Å². The van der Waals surface area contributed by atoms with Crippen molar-refractivity contribution in [2.75, 3.05) is 0 Å². The van der Waals surface area contributed by atoms with Gasteiger partial charge in [-0.2, -0.15) is 0 Å². The first-order valence-corrected chi connectivity index (χ1v) is 11.6. The zero-order valence-electron chi connectivity index (χ0n) is 17.1. The van der Waals surface area contributed by atoms with Gasteiger partial charge in [0.1, 0.15) is 12.4 Å². The van der Waals surface area contributed by atoms with Crippen molar-refractivity contribution in [2.45, 2.75) is 43.7 Å². The number of nitrogens with one attached hydrogen (secondary N) is 1. The van der Waals surface area contributed by atoms with E-state index in [4.69, 9.17) is 4.74 Å². The first-order chi connectivity index (χ1) is 14.8. The summed E-state index contributed by atoms with van der Waals surface area (Å²) in [6.07, 6.45) is 1.70. The number of sulfonamides is 1. The molecule has 31 heavy (non-hydrogen) atoms. The number of para-hydroxylation sites is 1. The van der Waals surface area contributed by atoms with Gasteiger partial charge in [0.2, 0.25) is 10.0 Å². The fourth-order valence-corrected chi connectivity index (χ4v) is 5.37. The van der Waals surface area contributed by atoms with Crippen molar-refractivity contribution in [1.29, 1.82) is 0 Å². The highest BCUT2D eigenvalue weighted by Gasteiger charge is 2.35. The van der Waals surface area contributed by atoms with Crippen molar-refractivity contribution >= 4 is 26.9 Å². The fraction of sp³-hybridized carbons (Fsp3) is 0.304. The van der Waals surface area contributed by atoms with Gasteiger partial charge in [-0.15, -0.1) is 0 Å². The van der Waals surface area contributed by atoms with E-state index in [1.807, 2.05) is 37.3 Å². The minimum absolute atomic E-state index is 0.0843. The number of hydrogen-bond acceptors (Lipinski definition) is 5. The lowest BCUT2D eigenvalue weighted by Gasteiger charge is -2.17. The molecule has 1 heterocycles. The molecule has 162 valence electrons. The third-order valence-electron chi connectivity index (χ3n) is 5.60. The van der Waals surface area contributed by atoms with Gasteiger partial charge in [-0.3, -0.25) is 9.78 Å². The summed E-state index contributed by atoms with van der Waals surface area (Å²) in [7, 11) is -3.81. The van der Waals surface area contributed by atoms with Crippen molar-refractivity contribution in [3.8, 4) is 5.75 Å². The minimum atomic E-state index is -3.81. The van der Waals surface area contributed by atoms with Crippen LogP contribution in [0.25, 0.3) is 10.9 Å². The van der Waals surface area contributed by atoms with Crippen molar-refractivity contribution in [3.63, 3.8) is 0 Å². The van der Waals surface area contributed by atoms with Crippen molar-refractivity contribution < 1.29 is 23.1 Å². The van der Waals surface area contributed by atoms with E-state index in [2.05, 4.69) is 9.71 Å². The molecule has 2 aromatic carbocycles. The Morgan fingerprint density at radius 2 is 1.90 bits per heavy atom. The predicted molar refractivity (Wildman–Crippen MR) is 116 cm³/mol. The Morgan fingerprint density at radius 3 is 2.65 bits per heavy atom. The number of carboxylic acids is 1. The van der Waals surface area contributed by atoms with E-state index in [1.165, 1.54) is 12.1 Å². The van der Waals surface area contributed by atoms with Gasteiger partial charge in [-0.25, -0.2) is 13.1 Å². The van der Waals surface area contributed by atoms with Crippen LogP contribution in [0.15, 0.2) is 59.5 Å². The van der Waals surface area contributed by atoms with Gasteiger partial charge in [0.25, 0.3) is 0 Å². The Kier molecular flexibility index (Phi) is 5.93. The average molecular weight is 441 g/mol. The quantitative estimate of drug-likeness (QED) is 0.581. The van der Waals surface area contributed by atoms with Crippen LogP contribution in [0.1, 0.15) is 30.5 Å². The van der Waals surface area contributed by atoms with Crippen molar-refractivity contribution in [1.82, 2.24) is 9.71 Å². The number of aryl methyl sites for hydroxylation is 1. The van der Waals surface area contributed by atoms with Gasteiger partial charge >= 0.3 is 5.97 Å². The van der Waals surface area contributed by atoms with Crippen LogP contribution in [-0.4, -0.2) is 30.5 Å². The molecule has 1 aliphatic carbocycles. The third-order valence-corrected chi connectivity index (χ3v) is 7.10. The summed E-state index contributed by atoms with van der Waals surface area (Å²) in [6, 6.07) is 15.4. The molecule has 0 spiro atoms. The molecule has 1 aliphatic rings. The van der Waals surface area contributed by atoms with Crippen LogP contribution in [0.5, 0.6) is 5.75 Å². The summed E-state index contributed by atoms with van der Waals surface area (Å²) in [5.74, 6) is -1.11. The number of aromatic nitrogens is 1. The molecule has 1 aromatic heterocycles. The molecule has 4 rings (SSSR count). The van der Waals surface area contributed by atoms with E-state index >= 15 is 0 Å². The molecule has 0 saturated heterocycles. The lowest BCUT2D eigenvalue weighted by molar-refractivity contribution is -0.141. The number of pyridine rings is 1. The maximum Gasteiger partial charge on any atom is 0.308 e. The van der Waals surface area contributed by atoms with E-state index in [1.54, 1.807) is 12.1 Å². The van der Waals surface area contributed by atoms with Crippen LogP contribution in [0.4, 0.5) is 0 Å². The molecular formula is C23H24N2O5S. The standard InChI is InChI=1S/C23H24N2O5S/c1-15-13-16(19-5-2-3-7-21(19)24-15)14-30-17-9-11-18(12-10-17)31(28,29)25-22-8-4-6-20(22)23(26)27/h2-3,5,7,9-13,20,22,25H,4,6,8,14H2,1H3,(H,26,27). The van der Waals surface area contributed by atoms with Crippen LogP contribution in [0.2, 0.25) is 0 Å². The molecule has 1 fully saturated rings. The number of rotatable bonds is 7. The second kappa shape index (κ2) is 8.64. The van der Waals surface area contributed by atoms with Gasteiger partial charge in [0.15, 0.2) is 0 Å². The molecule has 0 aliphatic heterocycles. The molecule has 1 saturated carbocycles. The molecule has 2 N–H and O–H groups in total. The molecule has 7 nitrogen and oxygen atoms in total. The summed E-state index contributed by atoms with van der Waals surface area (Å²) in [5.41, 5.74) is 2.80. The number of carboxylic acid groups (broad SMARTS) is 1. The van der Waals surface area contributed by atoms with E-state index in [0.29, 0.717) is 31.6 Å². The van der Waals surface area contributed by atoms with Crippen LogP contribution < -0.4 is 9.46 Å². The topological polar surface area (TPSA) is 106 Å². The smallest absolute Gasteiger partial charge is 0.308 e. The van der Waals surface area contributed by atoms with Crippen LogP contribution in [0, 0.1) is 12.8 Å². The SMILES string of the molecule is Cc1cc(COc2ccc(S(=O)(=O)NC3CCCC3C(=O)O)cc2)c2ccccc2n1. The van der Waals surface area contributed by atoms with Crippen LogP contribution in [0.3, 0.4) is 0 Å². The van der Waals surface area contributed by atoms with Gasteiger partial charge in [0.05, 0.1) is 16.3 Å². The Balaban J connectivity index is 1.46. The van der Waals surface area contributed by atoms with Crippen LogP contribution in [-0.2, 0) is 21.4 Å². The maximum absolute atomic E-state index is 12.7. The monoisotopic (exact) mass is 440 g/mol. The van der Waals surface area contributed by atoms with Crippen LogP contribution >= 0.6 is 0 Å². The molecule has 2 atom stereocenters. The molecule has 2 unspecified atom stereocenters. The fourth-order valence-electron chi connectivity index (χ4n) is 4.05. The second-order valence-electron chi connectivity index (χ2n) is 7.80. The highest BCUT2D eigenvalue weighted by molar-refractivity contribution is 7.89. The molecule has 8 heteroatoms. The minimum Gasteiger partial charge on any atom is -0.489 e. The van der Waals surface area contributed by atoms with E-state index < -0.39 is 28.0 Å². The Hall–Kier alpha value is -2.97. The normalized spacial score (nSPS) is 18.9. The molecule has 0 amide bonds. The lowest BCUT2D eigenvalue weighted by Crippen LogP contribution is -2.40. The Labute approximate surface area is 181 Å². The number of hydrogen-bond donors (Lipinski definition) is 2. The highest BCUT2D eigenvalue weighted by Crippen LogP contribution is 2.28. The zero-order chi connectivity index (χ0) is 22.0. The molecule has 0 radical (unpaired) electrons. The summed E-state index contributed by atoms with van der Waals surface area (Å²) in [4.78, 5) is 15.9. The summed E-state index contributed by atoms with van der Waals surface area (Å²) in [6.45, 7) is 2.26. The number of fused-ring (bicyclic) bond motifs is 1. The van der Waals surface area contributed by atoms with Gasteiger partial charge in [0, 0.05) is 22.7 Å². The Morgan fingerprint density at radius 1 is 1.16 bits per heavy atom. The zero-order valence-corrected chi connectivity index (χ0v) is 17.9.